The number of carbonyl (C=O) groups excluding carboxylic acids is 2. The van der Waals surface area contributed by atoms with Crippen molar-refractivity contribution in [2.75, 3.05) is 0 Å². The number of nitrogens with one attached hydrogen (secondary N) is 1. The maximum absolute atomic E-state index is 12.1. The molecule has 1 fully saturated rings. The number of para-hydroxylation sites is 1. The topological polar surface area (TPSA) is 78.5 Å². The molecule has 29 heavy (non-hydrogen) atoms. The van der Waals surface area contributed by atoms with Gasteiger partial charge in [-0.15, -0.1) is 0 Å². The predicted octanol–water partition coefficient (Wildman–Crippen LogP) is 4.26. The molecule has 0 bridgehead atoms. The highest BCUT2D eigenvalue weighted by atomic mass is 127. The minimum atomic E-state index is -1.40. The van der Waals surface area contributed by atoms with Crippen LogP contribution in [0.1, 0.15) is 44.1 Å². The minimum absolute atomic E-state index is 0.229. The van der Waals surface area contributed by atoms with Crippen molar-refractivity contribution in [2.45, 2.75) is 38.5 Å². The van der Waals surface area contributed by atoms with E-state index in [0.29, 0.717) is 23.7 Å². The maximum atomic E-state index is 12.1. The summed E-state index contributed by atoms with van der Waals surface area (Å²) in [6.07, 6.45) is 7.30. The second kappa shape index (κ2) is 10.4. The van der Waals surface area contributed by atoms with Gasteiger partial charge in [0, 0.05) is 6.42 Å². The molecule has 0 spiro atoms. The summed E-state index contributed by atoms with van der Waals surface area (Å²) >= 11 is 2.20. The molecule has 1 saturated carbocycles. The van der Waals surface area contributed by atoms with Crippen molar-refractivity contribution >= 4 is 40.5 Å². The highest BCUT2D eigenvalue weighted by Crippen LogP contribution is 2.28. The van der Waals surface area contributed by atoms with E-state index in [2.05, 4.69) is 27.9 Å². The summed E-state index contributed by atoms with van der Waals surface area (Å²) in [6, 6.07) is 14.6. The van der Waals surface area contributed by atoms with Crippen molar-refractivity contribution < 1.29 is 19.4 Å². The number of carboxylic acids is 1. The van der Waals surface area contributed by atoms with E-state index in [1.54, 1.807) is 24.3 Å². The molecule has 0 saturated heterocycles. The number of hydrogen-bond acceptors (Lipinski definition) is 4. The van der Waals surface area contributed by atoms with Gasteiger partial charge in [-0.3, -0.25) is 4.79 Å². The zero-order valence-electron chi connectivity index (χ0n) is 16.0. The van der Waals surface area contributed by atoms with Gasteiger partial charge in [-0.25, -0.2) is 0 Å². The lowest BCUT2D eigenvalue weighted by Gasteiger charge is -2.13. The van der Waals surface area contributed by atoms with Crippen molar-refractivity contribution in [3.63, 3.8) is 0 Å². The van der Waals surface area contributed by atoms with Crippen molar-refractivity contribution in [3.8, 4) is 11.5 Å². The molecule has 2 aromatic rings. The van der Waals surface area contributed by atoms with Gasteiger partial charge in [0.1, 0.15) is 11.5 Å². The molecule has 1 N–H and O–H groups in total. The standard InChI is InChI=1S/C23H24INO4/c24-19-7-3-4-8-21(19)29-18-12-9-17(10-13-18)15-20(23(27)28)25-22(26)14-11-16-5-1-2-6-16/h3-4,7-10,12-13,15-16H,1-2,5-6,11,14H2,(H,25,26)(H,27,28)/p-1/b20-15+. The first-order valence-electron chi connectivity index (χ1n) is 9.76. The van der Waals surface area contributed by atoms with E-state index >= 15 is 0 Å². The van der Waals surface area contributed by atoms with Crippen LogP contribution in [0.15, 0.2) is 54.2 Å². The fourth-order valence-electron chi connectivity index (χ4n) is 3.45. The molecule has 1 aliphatic rings. The van der Waals surface area contributed by atoms with Gasteiger partial charge in [-0.2, -0.15) is 0 Å². The van der Waals surface area contributed by atoms with Crippen LogP contribution >= 0.6 is 22.6 Å². The average molecular weight is 504 g/mol. The largest absolute Gasteiger partial charge is 0.543 e. The Labute approximate surface area is 184 Å². The Morgan fingerprint density at radius 3 is 2.45 bits per heavy atom. The van der Waals surface area contributed by atoms with Gasteiger partial charge >= 0.3 is 0 Å². The molecule has 0 radical (unpaired) electrons. The predicted molar refractivity (Wildman–Crippen MR) is 118 cm³/mol. The smallest absolute Gasteiger partial charge is 0.224 e. The van der Waals surface area contributed by atoms with Crippen LogP contribution in [0.5, 0.6) is 11.5 Å². The molecular weight excluding hydrogens is 481 g/mol. The van der Waals surface area contributed by atoms with Crippen LogP contribution < -0.4 is 15.2 Å². The number of carbonyl (C=O) groups is 2. The number of ether oxygens (including phenoxy) is 1. The first-order chi connectivity index (χ1) is 14.0. The Morgan fingerprint density at radius 2 is 1.79 bits per heavy atom. The first-order valence-corrected chi connectivity index (χ1v) is 10.8. The maximum Gasteiger partial charge on any atom is 0.224 e. The van der Waals surface area contributed by atoms with Crippen molar-refractivity contribution in [3.05, 3.63) is 63.4 Å². The lowest BCUT2D eigenvalue weighted by Crippen LogP contribution is -2.35. The van der Waals surface area contributed by atoms with E-state index in [1.807, 2.05) is 24.3 Å². The summed E-state index contributed by atoms with van der Waals surface area (Å²) in [6.45, 7) is 0. The molecule has 6 heteroatoms. The number of rotatable bonds is 8. The zero-order valence-corrected chi connectivity index (χ0v) is 18.2. The van der Waals surface area contributed by atoms with Crippen molar-refractivity contribution in [2.24, 2.45) is 5.92 Å². The second-order valence-corrected chi connectivity index (χ2v) is 8.35. The Morgan fingerprint density at radius 1 is 1.10 bits per heavy atom. The number of benzene rings is 2. The number of amides is 1. The second-order valence-electron chi connectivity index (χ2n) is 7.18. The molecule has 1 amide bonds. The van der Waals surface area contributed by atoms with E-state index in [1.165, 1.54) is 18.9 Å². The van der Waals surface area contributed by atoms with Crippen LogP contribution in [0.2, 0.25) is 0 Å². The van der Waals surface area contributed by atoms with Crippen LogP contribution in [0.3, 0.4) is 0 Å². The van der Waals surface area contributed by atoms with Gasteiger partial charge in [0.15, 0.2) is 0 Å². The molecule has 0 unspecified atom stereocenters. The van der Waals surface area contributed by atoms with E-state index in [-0.39, 0.29) is 11.6 Å². The van der Waals surface area contributed by atoms with Gasteiger partial charge in [0.05, 0.1) is 15.2 Å². The monoisotopic (exact) mass is 504 g/mol. The summed E-state index contributed by atoms with van der Waals surface area (Å²) in [5.41, 5.74) is 0.406. The molecule has 2 aromatic carbocycles. The molecular formula is C23H23INO4-. The Balaban J connectivity index is 1.61. The summed E-state index contributed by atoms with van der Waals surface area (Å²) in [5, 5.41) is 13.9. The fraction of sp³-hybridized carbons (Fsp3) is 0.304. The summed E-state index contributed by atoms with van der Waals surface area (Å²) in [5.74, 6) is 0.281. The lowest BCUT2D eigenvalue weighted by atomic mass is 10.0. The number of aliphatic carboxylic acids is 1. The summed E-state index contributed by atoms with van der Waals surface area (Å²) in [4.78, 5) is 23.6. The number of hydrogen-bond donors (Lipinski definition) is 1. The number of halogens is 1. The van der Waals surface area contributed by atoms with E-state index < -0.39 is 5.97 Å². The highest BCUT2D eigenvalue weighted by molar-refractivity contribution is 14.1. The molecule has 3 rings (SSSR count). The van der Waals surface area contributed by atoms with Gasteiger partial charge < -0.3 is 20.0 Å². The molecule has 0 aliphatic heterocycles. The normalized spacial score (nSPS) is 14.6. The molecule has 0 aromatic heterocycles. The van der Waals surface area contributed by atoms with Crippen LogP contribution in [0.4, 0.5) is 0 Å². The lowest BCUT2D eigenvalue weighted by molar-refractivity contribution is -0.299. The van der Waals surface area contributed by atoms with E-state index in [0.717, 1.165) is 28.6 Å². The highest BCUT2D eigenvalue weighted by Gasteiger charge is 2.16. The molecule has 1 aliphatic carbocycles. The molecule has 152 valence electrons. The fourth-order valence-corrected chi connectivity index (χ4v) is 3.94. The van der Waals surface area contributed by atoms with E-state index in [4.69, 9.17) is 4.74 Å². The third-order valence-corrected chi connectivity index (χ3v) is 5.90. The van der Waals surface area contributed by atoms with Gasteiger partial charge in [-0.05, 0) is 70.8 Å². The summed E-state index contributed by atoms with van der Waals surface area (Å²) < 4.78 is 6.83. The van der Waals surface area contributed by atoms with Crippen molar-refractivity contribution in [1.82, 2.24) is 5.32 Å². The first kappa shape index (κ1) is 21.4. The van der Waals surface area contributed by atoms with Gasteiger partial charge in [0.2, 0.25) is 5.91 Å². The van der Waals surface area contributed by atoms with E-state index in [9.17, 15) is 14.7 Å². The zero-order chi connectivity index (χ0) is 20.6. The third kappa shape index (κ3) is 6.59. The molecule has 0 atom stereocenters. The van der Waals surface area contributed by atoms with Crippen molar-refractivity contribution in [1.29, 1.82) is 0 Å². The summed E-state index contributed by atoms with van der Waals surface area (Å²) in [7, 11) is 0. The van der Waals surface area contributed by atoms with Gasteiger partial charge in [-0.1, -0.05) is 49.9 Å². The molecule has 5 nitrogen and oxygen atoms in total. The third-order valence-electron chi connectivity index (χ3n) is 5.00. The van der Waals surface area contributed by atoms with Crippen LogP contribution in [-0.4, -0.2) is 11.9 Å². The van der Waals surface area contributed by atoms with Crippen LogP contribution in [0, 0.1) is 9.49 Å². The van der Waals surface area contributed by atoms with Crippen LogP contribution in [0.25, 0.3) is 6.08 Å². The SMILES string of the molecule is O=C(CCC1CCCC1)N/C(=C/c1ccc(Oc2ccccc2I)cc1)C(=O)[O-]. The van der Waals surface area contributed by atoms with Crippen LogP contribution in [-0.2, 0) is 9.59 Å². The van der Waals surface area contributed by atoms with Gasteiger partial charge in [0.25, 0.3) is 0 Å². The quantitative estimate of drug-likeness (QED) is 0.431. The number of carboxylic acid groups (broad SMARTS) is 1. The molecule has 0 heterocycles. The Bertz CT molecular complexity index is 886. The average Bonchev–Trinajstić information content (AvgIpc) is 3.23. The minimum Gasteiger partial charge on any atom is -0.543 e. The Hall–Kier alpha value is -2.35. The Kier molecular flexibility index (Phi) is 7.69.